The van der Waals surface area contributed by atoms with Crippen molar-refractivity contribution in [3.05, 3.63) is 356 Å². The molecule has 5 spiro atoms. The molecule has 0 bridgehead atoms. The van der Waals surface area contributed by atoms with Gasteiger partial charge in [0.1, 0.15) is 12.7 Å². The van der Waals surface area contributed by atoms with Crippen molar-refractivity contribution in [2.24, 2.45) is 5.92 Å². The van der Waals surface area contributed by atoms with Gasteiger partial charge < -0.3 is 66.7 Å². The Morgan fingerprint density at radius 2 is 0.766 bits per heavy atom. The van der Waals surface area contributed by atoms with Crippen LogP contribution in [0.2, 0.25) is 0 Å². The van der Waals surface area contributed by atoms with Crippen LogP contribution in [0, 0.1) is 12.8 Å². The predicted molar refractivity (Wildman–Crippen MR) is 528 cm³/mol. The van der Waals surface area contributed by atoms with Gasteiger partial charge in [-0.3, -0.25) is 24.0 Å². The first-order valence-corrected chi connectivity index (χ1v) is 50.6. The smallest absolute Gasteiger partial charge is 0.276 e. The second-order valence-electron chi connectivity index (χ2n) is 39.9. The van der Waals surface area contributed by atoms with Crippen LogP contribution in [0.25, 0.3) is 28.4 Å². The highest BCUT2D eigenvalue weighted by atomic mass is 16.7. The van der Waals surface area contributed by atoms with E-state index in [1.807, 2.05) is 105 Å². The van der Waals surface area contributed by atoms with Gasteiger partial charge in [-0.2, -0.15) is 10.1 Å². The number of piperidine rings is 5. The molecule has 5 saturated heterocycles. The number of carbonyl (C=O) groups excluding carboxylic acids is 5. The Hall–Kier alpha value is -13.6. The molecule has 26 rings (SSSR count). The van der Waals surface area contributed by atoms with E-state index in [2.05, 4.69) is 188 Å². The Kier molecular flexibility index (Phi) is 26.4. The van der Waals surface area contributed by atoms with E-state index in [4.69, 9.17) is 42.2 Å². The van der Waals surface area contributed by atoms with E-state index >= 15 is 0 Å². The fourth-order valence-corrected chi connectivity index (χ4v) is 23.9. The lowest BCUT2D eigenvalue weighted by molar-refractivity contribution is -0.143. The number of rotatable bonds is 10. The Morgan fingerprint density at radius 1 is 0.348 bits per heavy atom. The van der Waals surface area contributed by atoms with Crippen molar-refractivity contribution < 1.29 is 66.2 Å². The van der Waals surface area contributed by atoms with Crippen LogP contribution in [-0.4, -0.2) is 156 Å². The maximum absolute atomic E-state index is 13.1. The molecule has 141 heavy (non-hydrogen) atoms. The summed E-state index contributed by atoms with van der Waals surface area (Å²) in [5.74, 6) is 4.95. The summed E-state index contributed by atoms with van der Waals surface area (Å²) < 4.78 is 54.0. The number of aryl methyl sites for hydroxylation is 1. The molecule has 7 fully saturated rings. The number of amides is 5. The van der Waals surface area contributed by atoms with Crippen LogP contribution in [0.1, 0.15) is 248 Å². The fraction of sp³-hybridized carbons (Fsp3) is 0.379. The molecule has 0 unspecified atom stereocenters. The maximum atomic E-state index is 13.1. The van der Waals surface area contributed by atoms with Gasteiger partial charge in [-0.1, -0.05) is 206 Å². The molecule has 3 aromatic heterocycles. The van der Waals surface area contributed by atoms with Gasteiger partial charge >= 0.3 is 0 Å². The van der Waals surface area contributed by atoms with Gasteiger partial charge in [0.25, 0.3) is 23.6 Å². The van der Waals surface area contributed by atoms with E-state index in [0.717, 1.165) is 138 Å². The summed E-state index contributed by atoms with van der Waals surface area (Å²) >= 11 is 0. The highest BCUT2D eigenvalue weighted by Crippen LogP contribution is 2.51. The Morgan fingerprint density at radius 3 is 1.22 bits per heavy atom. The van der Waals surface area contributed by atoms with Crippen molar-refractivity contribution in [1.29, 1.82) is 0 Å². The van der Waals surface area contributed by atoms with E-state index in [9.17, 15) is 24.0 Å². The van der Waals surface area contributed by atoms with Gasteiger partial charge in [0.2, 0.25) is 24.4 Å². The highest BCUT2D eigenvalue weighted by Gasteiger charge is 2.50. The minimum absolute atomic E-state index is 0.0307. The molecule has 722 valence electrons. The van der Waals surface area contributed by atoms with E-state index in [0.29, 0.717) is 136 Å². The summed E-state index contributed by atoms with van der Waals surface area (Å²) in [6, 6.07) is 83.7. The third-order valence-electron chi connectivity index (χ3n) is 32.0. The number of benzene rings is 10. The number of hydrogen-bond donors (Lipinski definition) is 0. The number of hydrogen-bond acceptors (Lipinski definition) is 19. The van der Waals surface area contributed by atoms with Gasteiger partial charge in [0, 0.05) is 112 Å². The number of likely N-dealkylation sites (tertiary alicyclic amines) is 5. The van der Waals surface area contributed by atoms with Gasteiger partial charge in [-0.05, 0) is 248 Å². The molecule has 11 aliphatic heterocycles. The van der Waals surface area contributed by atoms with Crippen LogP contribution < -0.4 is 9.47 Å². The van der Waals surface area contributed by atoms with Crippen molar-refractivity contribution in [3.8, 4) is 39.9 Å². The molecule has 13 aromatic rings. The first-order chi connectivity index (χ1) is 69.1. The van der Waals surface area contributed by atoms with E-state index in [-0.39, 0.29) is 64.3 Å². The lowest BCUT2D eigenvalue weighted by atomic mass is 9.77. The number of ether oxygens (including phenoxy) is 7. The van der Waals surface area contributed by atoms with Gasteiger partial charge in [-0.25, -0.2) is 9.67 Å². The molecule has 0 N–H and O–H groups in total. The molecule has 2 aliphatic carbocycles. The van der Waals surface area contributed by atoms with Crippen LogP contribution in [-0.2, 0) is 89.5 Å². The van der Waals surface area contributed by atoms with Crippen molar-refractivity contribution in [2.45, 2.75) is 202 Å². The zero-order valence-electron chi connectivity index (χ0n) is 79.9. The topological polar surface area (TPSA) is 262 Å². The normalized spacial score (nSPS) is 20.4. The Balaban J connectivity index is 0.000000101. The third-order valence-corrected chi connectivity index (χ3v) is 32.0. The zero-order chi connectivity index (χ0) is 95.5. The first kappa shape index (κ1) is 92.5. The summed E-state index contributed by atoms with van der Waals surface area (Å²) in [7, 11) is 0. The van der Waals surface area contributed by atoms with E-state index in [1.165, 1.54) is 105 Å². The summed E-state index contributed by atoms with van der Waals surface area (Å²) in [6.45, 7) is 12.6. The zero-order valence-corrected chi connectivity index (χ0v) is 79.9. The van der Waals surface area contributed by atoms with Crippen LogP contribution >= 0.6 is 0 Å². The SMILES string of the molecule is Cc1nc(-c2cccc(C(=O)N3CCC4(CC3)OCc3ccccc34)c2)no1.O=C(C1CCC(c2ccccc2)CC1)N1CCC2(CC1)OCc1ccccc12.O=C(c1cc(-c2ccc3c(c2)OCO3)on1)N1CCC2(CC1)OCc1ccccc12.O=C(c1ccc(-n2cncn2)cc1)N1CCC2(CC1)OCc1ccccc12.O=C(c1ccc(C2CCCCC2)cc1)N1CCC2(CC1)OCc1ccccc12. The van der Waals surface area contributed by atoms with Gasteiger partial charge in [0.15, 0.2) is 23.0 Å². The average Bonchev–Trinajstić information content (AvgIpc) is 1.62. The lowest BCUT2D eigenvalue weighted by Crippen LogP contribution is -2.47. The lowest BCUT2D eigenvalue weighted by Gasteiger charge is -2.41. The van der Waals surface area contributed by atoms with E-state index < -0.39 is 0 Å². The quantitative estimate of drug-likeness (QED) is 0.123. The van der Waals surface area contributed by atoms with Crippen molar-refractivity contribution in [2.75, 3.05) is 72.2 Å². The van der Waals surface area contributed by atoms with Crippen LogP contribution in [0.3, 0.4) is 0 Å². The molecular formula is C116H119N11O14. The minimum atomic E-state index is -0.269. The van der Waals surface area contributed by atoms with Crippen molar-refractivity contribution >= 4 is 29.5 Å². The largest absolute Gasteiger partial charge is 0.454 e. The van der Waals surface area contributed by atoms with Crippen molar-refractivity contribution in [3.63, 3.8) is 0 Å². The molecule has 10 aromatic carbocycles. The summed E-state index contributed by atoms with van der Waals surface area (Å²) in [5, 5.41) is 12.1. The molecule has 0 atom stereocenters. The number of carbonyl (C=O) groups is 5. The van der Waals surface area contributed by atoms with Crippen LogP contribution in [0.4, 0.5) is 0 Å². The molecular weight excluding hydrogens is 1770 g/mol. The maximum Gasteiger partial charge on any atom is 0.276 e. The predicted octanol–water partition coefficient (Wildman–Crippen LogP) is 20.8. The first-order valence-electron chi connectivity index (χ1n) is 50.6. The number of nitrogens with zero attached hydrogens (tertiary/aromatic N) is 11. The monoisotopic (exact) mass is 1890 g/mol. The van der Waals surface area contributed by atoms with Gasteiger partial charge in [-0.15, -0.1) is 0 Å². The third kappa shape index (κ3) is 18.9. The van der Waals surface area contributed by atoms with E-state index in [1.54, 1.807) is 24.0 Å². The summed E-state index contributed by atoms with van der Waals surface area (Å²) in [5.41, 5.74) is 19.7. The molecule has 2 saturated carbocycles. The summed E-state index contributed by atoms with van der Waals surface area (Å²) in [4.78, 5) is 83.1. The number of fused-ring (bicyclic) bond motifs is 11. The summed E-state index contributed by atoms with van der Waals surface area (Å²) in [6.07, 6.45) is 22.6. The average molecular weight is 1890 g/mol. The molecule has 25 nitrogen and oxygen atoms in total. The Labute approximate surface area is 821 Å². The standard InChI is InChI=1S/2C25H29NO2.C23H20N2O5.C22H21N3O3.C21H20N4O2/c2*27-24(21-12-10-20(11-13-21)19-6-2-1-3-7-19)26-16-14-25(15-17-26)23-9-5-4-8-22(23)18-28-25;26-22(18-12-20(30-24-18)15-5-6-19-21(11-15)28-14-27-19)25-9-7-23(8-10-25)17-4-2-1-3-16(17)13-29-23;1-15-23-20(24-28-15)16-6-4-7-17(13-16)21(26)25-11-9-22(10-12-25)19-8-3-2-5-18(19)14-27-22;26-20(16-5-7-18(8-6-16)25-15-22-14-23-25)24-11-9-21(10-12-24)19-4-2-1-3-17(19)13-27-21/h4-5,8-13,19H,1-3,6-7,14-18H2;1-9,20-21H,10-18H2;1-6,11-12H,7-10,13-14H2;2-8,13H,9-12,14H2,1H3;1-8,14-15H,9-13H2. The van der Waals surface area contributed by atoms with Crippen molar-refractivity contribution in [1.82, 2.24) is 54.6 Å². The number of aromatic nitrogens is 6. The fourth-order valence-electron chi connectivity index (χ4n) is 23.9. The molecule has 0 radical (unpaired) electrons. The molecule has 14 heterocycles. The van der Waals surface area contributed by atoms with Crippen LogP contribution in [0.15, 0.2) is 270 Å². The highest BCUT2D eigenvalue weighted by molar-refractivity contribution is 5.97. The molecule has 5 amide bonds. The molecule has 13 aliphatic rings. The minimum Gasteiger partial charge on any atom is -0.454 e. The van der Waals surface area contributed by atoms with Gasteiger partial charge in [0.05, 0.1) is 66.7 Å². The second-order valence-corrected chi connectivity index (χ2v) is 39.9. The Bertz CT molecular complexity index is 6640. The second kappa shape index (κ2) is 40.2. The molecule has 25 heteroatoms. The van der Waals surface area contributed by atoms with Crippen LogP contribution in [0.5, 0.6) is 11.5 Å².